The van der Waals surface area contributed by atoms with E-state index < -0.39 is 17.2 Å². The number of benzene rings is 1. The number of fused-ring (bicyclic) bond motifs is 1. The summed E-state index contributed by atoms with van der Waals surface area (Å²) in [6.07, 6.45) is 0. The van der Waals surface area contributed by atoms with Crippen molar-refractivity contribution in [1.82, 2.24) is 14.5 Å². The fraction of sp³-hybridized carbons (Fsp3) is 0.300. The smallest absolute Gasteiger partial charge is 0.322 e. The second-order valence-electron chi connectivity index (χ2n) is 6.86. The minimum Gasteiger partial charge on any atom is -0.322 e. The van der Waals surface area contributed by atoms with E-state index in [1.165, 1.54) is 4.57 Å². The summed E-state index contributed by atoms with van der Waals surface area (Å²) >= 11 is 3.40. The van der Waals surface area contributed by atoms with Crippen LogP contribution in [0.25, 0.3) is 11.0 Å². The van der Waals surface area contributed by atoms with E-state index in [4.69, 9.17) is 0 Å². The second-order valence-corrected chi connectivity index (χ2v) is 7.78. The van der Waals surface area contributed by atoms with Gasteiger partial charge in [-0.05, 0) is 49.6 Å². The highest BCUT2D eigenvalue weighted by atomic mass is 79.9. The molecule has 0 aliphatic heterocycles. The number of aromatic amines is 1. The number of hydrogen-bond donors (Lipinski definition) is 2. The van der Waals surface area contributed by atoms with E-state index in [0.29, 0.717) is 17.9 Å². The fourth-order valence-corrected chi connectivity index (χ4v) is 3.49. The number of amides is 1. The van der Waals surface area contributed by atoms with Crippen LogP contribution < -0.4 is 16.6 Å². The number of halogens is 1. The molecule has 0 spiro atoms. The molecule has 3 aromatic rings. The van der Waals surface area contributed by atoms with Crippen molar-refractivity contribution in [3.8, 4) is 0 Å². The first-order valence-corrected chi connectivity index (χ1v) is 9.77. The molecule has 0 bridgehead atoms. The first-order valence-electron chi connectivity index (χ1n) is 8.98. The Kier molecular flexibility index (Phi) is 5.51. The van der Waals surface area contributed by atoms with Crippen molar-refractivity contribution < 1.29 is 4.79 Å². The number of pyridine rings is 1. The number of rotatable bonds is 4. The summed E-state index contributed by atoms with van der Waals surface area (Å²) < 4.78 is 2.27. The van der Waals surface area contributed by atoms with Gasteiger partial charge < -0.3 is 5.32 Å². The first-order chi connectivity index (χ1) is 13.2. The zero-order valence-electron chi connectivity index (χ0n) is 16.1. The van der Waals surface area contributed by atoms with E-state index in [-0.39, 0.29) is 22.5 Å². The summed E-state index contributed by atoms with van der Waals surface area (Å²) in [7, 11) is 0. The number of carbonyl (C=O) groups excluding carboxylic acids is 1. The number of carbonyl (C=O) groups is 1. The zero-order chi connectivity index (χ0) is 20.6. The topological polar surface area (TPSA) is 96.9 Å². The monoisotopic (exact) mass is 444 g/mol. The Hall–Kier alpha value is -2.74. The number of hydrogen-bond acceptors (Lipinski definition) is 4. The molecular formula is C20H21BrN4O3. The summed E-state index contributed by atoms with van der Waals surface area (Å²) in [4.78, 5) is 44.6. The normalized spacial score (nSPS) is 11.2. The summed E-state index contributed by atoms with van der Waals surface area (Å²) in [5.74, 6) is -0.406. The van der Waals surface area contributed by atoms with Gasteiger partial charge in [0.2, 0.25) is 0 Å². The molecule has 2 aromatic heterocycles. The molecule has 7 nitrogen and oxygen atoms in total. The van der Waals surface area contributed by atoms with E-state index in [0.717, 1.165) is 10.0 Å². The lowest BCUT2D eigenvalue weighted by Crippen LogP contribution is -2.32. The average molecular weight is 445 g/mol. The first kappa shape index (κ1) is 20.0. The van der Waals surface area contributed by atoms with Crippen LogP contribution in [0.1, 0.15) is 48.3 Å². The molecule has 0 fully saturated rings. The molecule has 28 heavy (non-hydrogen) atoms. The van der Waals surface area contributed by atoms with Gasteiger partial charge in [-0.3, -0.25) is 19.1 Å². The molecule has 0 atom stereocenters. The molecule has 1 amide bonds. The quantitative estimate of drug-likeness (QED) is 0.642. The molecule has 0 radical (unpaired) electrons. The zero-order valence-corrected chi connectivity index (χ0v) is 17.7. The van der Waals surface area contributed by atoms with Crippen molar-refractivity contribution >= 4 is 38.6 Å². The number of aromatic nitrogens is 3. The number of H-pyrrole nitrogens is 1. The Bertz CT molecular complexity index is 1190. The van der Waals surface area contributed by atoms with Crippen LogP contribution >= 0.6 is 15.9 Å². The van der Waals surface area contributed by atoms with Crippen molar-refractivity contribution in [1.29, 1.82) is 0 Å². The summed E-state index contributed by atoms with van der Waals surface area (Å²) in [6.45, 7) is 7.88. The molecule has 1 aromatic carbocycles. The van der Waals surface area contributed by atoms with Gasteiger partial charge in [0.25, 0.3) is 11.5 Å². The lowest BCUT2D eigenvalue weighted by Gasteiger charge is -2.15. The standard InChI is InChI=1S/C20H21BrN4O3/c1-5-25-17-16(19(27)24-20(25)28)13(9-15(22-17)10(2)3)18(26)23-14-7-6-12(21)8-11(14)4/h6-10H,5H2,1-4H3,(H,23,26)(H,24,27,28). The highest BCUT2D eigenvalue weighted by Crippen LogP contribution is 2.23. The Morgan fingerprint density at radius 3 is 2.61 bits per heavy atom. The third-order valence-corrected chi connectivity index (χ3v) is 5.05. The predicted molar refractivity (Wildman–Crippen MR) is 113 cm³/mol. The van der Waals surface area contributed by atoms with Gasteiger partial charge in [0, 0.05) is 22.4 Å². The van der Waals surface area contributed by atoms with Crippen LogP contribution in [0.2, 0.25) is 0 Å². The Morgan fingerprint density at radius 2 is 2.00 bits per heavy atom. The van der Waals surface area contributed by atoms with Gasteiger partial charge in [-0.25, -0.2) is 9.78 Å². The fourth-order valence-electron chi connectivity index (χ4n) is 3.02. The SMILES string of the molecule is CCn1c(=O)[nH]c(=O)c2c(C(=O)Nc3ccc(Br)cc3C)cc(C(C)C)nc21. The molecule has 0 saturated carbocycles. The summed E-state index contributed by atoms with van der Waals surface area (Å²) in [6, 6.07) is 7.13. The van der Waals surface area contributed by atoms with Crippen molar-refractivity contribution in [2.24, 2.45) is 0 Å². The van der Waals surface area contributed by atoms with Crippen molar-refractivity contribution in [3.05, 3.63) is 66.4 Å². The van der Waals surface area contributed by atoms with Crippen LogP contribution in [0.5, 0.6) is 0 Å². The Balaban J connectivity index is 2.25. The maximum Gasteiger partial charge on any atom is 0.329 e. The molecule has 0 unspecified atom stereocenters. The van der Waals surface area contributed by atoms with Crippen molar-refractivity contribution in [2.45, 2.75) is 40.2 Å². The van der Waals surface area contributed by atoms with E-state index in [9.17, 15) is 14.4 Å². The highest BCUT2D eigenvalue weighted by Gasteiger charge is 2.20. The van der Waals surface area contributed by atoms with E-state index in [1.54, 1.807) is 19.1 Å². The molecule has 0 aliphatic carbocycles. The molecule has 2 N–H and O–H groups in total. The predicted octanol–water partition coefficient (Wildman–Crippen LogP) is 3.55. The molecular weight excluding hydrogens is 424 g/mol. The molecule has 8 heteroatoms. The van der Waals surface area contributed by atoms with Crippen molar-refractivity contribution in [3.63, 3.8) is 0 Å². The number of nitrogens with one attached hydrogen (secondary N) is 2. The maximum absolute atomic E-state index is 13.1. The van der Waals surface area contributed by atoms with Gasteiger partial charge >= 0.3 is 5.69 Å². The summed E-state index contributed by atoms with van der Waals surface area (Å²) in [5, 5.41) is 2.97. The number of anilines is 1. The van der Waals surface area contributed by atoms with Crippen LogP contribution in [-0.2, 0) is 6.54 Å². The highest BCUT2D eigenvalue weighted by molar-refractivity contribution is 9.10. The van der Waals surface area contributed by atoms with Gasteiger partial charge in [0.15, 0.2) is 5.65 Å². The molecule has 3 rings (SSSR count). The van der Waals surface area contributed by atoms with Crippen LogP contribution in [0.3, 0.4) is 0 Å². The Labute approximate surface area is 169 Å². The Morgan fingerprint density at radius 1 is 1.29 bits per heavy atom. The third-order valence-electron chi connectivity index (χ3n) is 4.56. The largest absolute Gasteiger partial charge is 0.329 e. The van der Waals surface area contributed by atoms with Gasteiger partial charge in [-0.15, -0.1) is 0 Å². The van der Waals surface area contributed by atoms with E-state index in [2.05, 4.69) is 31.2 Å². The lowest BCUT2D eigenvalue weighted by molar-refractivity contribution is 0.102. The van der Waals surface area contributed by atoms with Gasteiger partial charge in [0.1, 0.15) is 0 Å². The minimum atomic E-state index is -0.620. The third kappa shape index (κ3) is 3.64. The minimum absolute atomic E-state index is 0.0186. The van der Waals surface area contributed by atoms with E-state index >= 15 is 0 Å². The van der Waals surface area contributed by atoms with Gasteiger partial charge in [0.05, 0.1) is 10.9 Å². The van der Waals surface area contributed by atoms with Gasteiger partial charge in [-0.2, -0.15) is 0 Å². The lowest BCUT2D eigenvalue weighted by atomic mass is 10.0. The summed E-state index contributed by atoms with van der Waals surface area (Å²) in [5.41, 5.74) is 1.42. The average Bonchev–Trinajstić information content (AvgIpc) is 2.63. The van der Waals surface area contributed by atoms with Crippen LogP contribution in [0.4, 0.5) is 5.69 Å². The van der Waals surface area contributed by atoms with Gasteiger partial charge in [-0.1, -0.05) is 29.8 Å². The number of nitrogens with zero attached hydrogens (tertiary/aromatic N) is 2. The molecule has 0 aliphatic rings. The van der Waals surface area contributed by atoms with Crippen LogP contribution in [0.15, 0.2) is 38.3 Å². The molecule has 2 heterocycles. The number of aryl methyl sites for hydroxylation is 2. The van der Waals surface area contributed by atoms with Crippen LogP contribution in [0, 0.1) is 6.92 Å². The second kappa shape index (κ2) is 7.71. The van der Waals surface area contributed by atoms with Crippen LogP contribution in [-0.4, -0.2) is 20.4 Å². The van der Waals surface area contributed by atoms with E-state index in [1.807, 2.05) is 32.9 Å². The maximum atomic E-state index is 13.1. The molecule has 146 valence electrons. The van der Waals surface area contributed by atoms with Crippen molar-refractivity contribution in [2.75, 3.05) is 5.32 Å². The molecule has 0 saturated heterocycles.